The van der Waals surface area contributed by atoms with Crippen molar-refractivity contribution in [3.8, 4) is 11.5 Å². The van der Waals surface area contributed by atoms with Crippen molar-refractivity contribution in [1.29, 1.82) is 0 Å². The average Bonchev–Trinajstić information content (AvgIpc) is 2.78. The Morgan fingerprint density at radius 2 is 1.96 bits per heavy atom. The summed E-state index contributed by atoms with van der Waals surface area (Å²) in [5.74, 6) is -0.493. The molecule has 0 radical (unpaired) electrons. The highest BCUT2D eigenvalue weighted by atomic mass is 16.5. The molecule has 7 heteroatoms. The summed E-state index contributed by atoms with van der Waals surface area (Å²) in [7, 11) is 3.02. The van der Waals surface area contributed by atoms with Gasteiger partial charge in [-0.15, -0.1) is 0 Å². The number of hydrogen-bond acceptors (Lipinski definition) is 6. The summed E-state index contributed by atoms with van der Waals surface area (Å²) in [6.07, 6.45) is 0. The molecule has 130 valence electrons. The van der Waals surface area contributed by atoms with Gasteiger partial charge in [0.05, 0.1) is 25.8 Å². The molecule has 0 saturated carbocycles. The predicted octanol–water partition coefficient (Wildman–Crippen LogP) is 1.34. The third kappa shape index (κ3) is 3.07. The lowest BCUT2D eigenvalue weighted by Gasteiger charge is -2.28. The molecule has 1 aliphatic heterocycles. The zero-order valence-corrected chi connectivity index (χ0v) is 14.2. The maximum atomic E-state index is 12.4. The number of hydrogen-bond donors (Lipinski definition) is 2. The zero-order valence-electron chi connectivity index (χ0n) is 14.2. The molecule has 1 heterocycles. The summed E-state index contributed by atoms with van der Waals surface area (Å²) in [5.41, 5.74) is 6.52. The fourth-order valence-electron chi connectivity index (χ4n) is 2.88. The molecule has 0 aromatic heterocycles. The zero-order chi connectivity index (χ0) is 18.0. The standard InChI is InChI=1S/C17H22N2O5/c1-9(18)8-19-15(14(10(2)20)16(21)17(19)22)11-5-6-12(23-3)13(7-11)24-4/h5-7,9,15,21H,8,18H2,1-4H3/t9-,15-/m0/s1. The van der Waals surface area contributed by atoms with E-state index in [9.17, 15) is 14.7 Å². The molecule has 1 amide bonds. The Morgan fingerprint density at radius 1 is 1.33 bits per heavy atom. The highest BCUT2D eigenvalue weighted by Crippen LogP contribution is 2.40. The average molecular weight is 334 g/mol. The second kappa shape index (κ2) is 6.92. The van der Waals surface area contributed by atoms with E-state index in [1.165, 1.54) is 26.0 Å². The molecule has 1 aromatic rings. The first kappa shape index (κ1) is 17.8. The maximum Gasteiger partial charge on any atom is 0.290 e. The van der Waals surface area contributed by atoms with E-state index in [4.69, 9.17) is 15.2 Å². The quantitative estimate of drug-likeness (QED) is 0.814. The molecular weight excluding hydrogens is 312 g/mol. The van der Waals surface area contributed by atoms with Gasteiger partial charge >= 0.3 is 0 Å². The highest BCUT2D eigenvalue weighted by molar-refractivity contribution is 6.08. The number of carbonyl (C=O) groups excluding carboxylic acids is 2. The Bertz CT molecular complexity index is 696. The van der Waals surface area contributed by atoms with Crippen LogP contribution in [0.15, 0.2) is 29.5 Å². The largest absolute Gasteiger partial charge is 0.503 e. The molecule has 24 heavy (non-hydrogen) atoms. The predicted molar refractivity (Wildman–Crippen MR) is 88.0 cm³/mol. The summed E-state index contributed by atoms with van der Waals surface area (Å²) in [5, 5.41) is 10.1. The van der Waals surface area contributed by atoms with Gasteiger partial charge in [-0.05, 0) is 31.5 Å². The number of benzene rings is 1. The number of rotatable bonds is 6. The first-order valence-corrected chi connectivity index (χ1v) is 7.54. The fourth-order valence-corrected chi connectivity index (χ4v) is 2.88. The van der Waals surface area contributed by atoms with Gasteiger partial charge in [0, 0.05) is 12.6 Å². The molecule has 7 nitrogen and oxygen atoms in total. The molecule has 3 N–H and O–H groups in total. The van der Waals surface area contributed by atoms with Crippen LogP contribution in [-0.4, -0.2) is 48.5 Å². The number of Topliss-reactive ketones (excluding diaryl/α,β-unsaturated/α-hetero) is 1. The van der Waals surface area contributed by atoms with Crippen LogP contribution >= 0.6 is 0 Å². The topological polar surface area (TPSA) is 102 Å². The minimum Gasteiger partial charge on any atom is -0.503 e. The van der Waals surface area contributed by atoms with Crippen LogP contribution in [-0.2, 0) is 9.59 Å². The van der Waals surface area contributed by atoms with E-state index in [-0.39, 0.29) is 23.9 Å². The number of methoxy groups -OCH3 is 2. The Hall–Kier alpha value is -2.54. The minimum atomic E-state index is -0.708. The third-order valence-electron chi connectivity index (χ3n) is 3.89. The molecule has 0 fully saturated rings. The van der Waals surface area contributed by atoms with Crippen molar-refractivity contribution in [3.63, 3.8) is 0 Å². The number of ketones is 1. The molecule has 0 bridgehead atoms. The number of amides is 1. The number of carbonyl (C=O) groups is 2. The summed E-state index contributed by atoms with van der Waals surface area (Å²) in [6.45, 7) is 3.28. The van der Waals surface area contributed by atoms with E-state index >= 15 is 0 Å². The summed E-state index contributed by atoms with van der Waals surface area (Å²) < 4.78 is 10.5. The lowest BCUT2D eigenvalue weighted by molar-refractivity contribution is -0.129. The Labute approximate surface area is 140 Å². The molecular formula is C17H22N2O5. The Balaban J connectivity index is 2.57. The van der Waals surface area contributed by atoms with E-state index in [1.54, 1.807) is 25.1 Å². The molecule has 0 spiro atoms. The SMILES string of the molecule is COc1ccc([C@H]2C(C(C)=O)=C(O)C(=O)N2C[C@H](C)N)cc1OC. The van der Waals surface area contributed by atoms with Crippen molar-refractivity contribution in [2.45, 2.75) is 25.9 Å². The number of aliphatic hydroxyl groups is 1. The van der Waals surface area contributed by atoms with Crippen molar-refractivity contribution >= 4 is 11.7 Å². The molecule has 2 rings (SSSR count). The second-order valence-electron chi connectivity index (χ2n) is 5.77. The van der Waals surface area contributed by atoms with Gasteiger partial charge in [0.25, 0.3) is 5.91 Å². The monoisotopic (exact) mass is 334 g/mol. The Morgan fingerprint density at radius 3 is 2.46 bits per heavy atom. The number of aliphatic hydroxyl groups excluding tert-OH is 1. The smallest absolute Gasteiger partial charge is 0.290 e. The fraction of sp³-hybridized carbons (Fsp3) is 0.412. The molecule has 0 aliphatic carbocycles. The van der Waals surface area contributed by atoms with Gasteiger partial charge in [0.2, 0.25) is 0 Å². The summed E-state index contributed by atoms with van der Waals surface area (Å²) in [6, 6.07) is 4.09. The van der Waals surface area contributed by atoms with Gasteiger partial charge in [0.1, 0.15) is 0 Å². The Kier molecular flexibility index (Phi) is 5.14. The minimum absolute atomic E-state index is 0.0628. The second-order valence-corrected chi connectivity index (χ2v) is 5.77. The van der Waals surface area contributed by atoms with E-state index < -0.39 is 17.7 Å². The summed E-state index contributed by atoms with van der Waals surface area (Å²) >= 11 is 0. The maximum absolute atomic E-state index is 12.4. The van der Waals surface area contributed by atoms with Crippen molar-refractivity contribution in [2.75, 3.05) is 20.8 Å². The first-order valence-electron chi connectivity index (χ1n) is 7.54. The van der Waals surface area contributed by atoms with Crippen LogP contribution in [0.4, 0.5) is 0 Å². The first-order chi connectivity index (χ1) is 11.3. The van der Waals surface area contributed by atoms with Gasteiger partial charge in [0.15, 0.2) is 23.0 Å². The molecule has 2 atom stereocenters. The number of ether oxygens (including phenoxy) is 2. The van der Waals surface area contributed by atoms with E-state index in [1.807, 2.05) is 0 Å². The van der Waals surface area contributed by atoms with E-state index in [2.05, 4.69) is 0 Å². The lowest BCUT2D eigenvalue weighted by Crippen LogP contribution is -2.39. The van der Waals surface area contributed by atoms with Crippen LogP contribution in [0.3, 0.4) is 0 Å². The molecule has 0 unspecified atom stereocenters. The van der Waals surface area contributed by atoms with Crippen LogP contribution in [0.25, 0.3) is 0 Å². The lowest BCUT2D eigenvalue weighted by atomic mass is 9.96. The third-order valence-corrected chi connectivity index (χ3v) is 3.89. The number of nitrogens with two attached hydrogens (primary N) is 1. The van der Waals surface area contributed by atoms with E-state index in [0.717, 1.165) is 0 Å². The van der Waals surface area contributed by atoms with Gasteiger partial charge in [-0.1, -0.05) is 6.07 Å². The van der Waals surface area contributed by atoms with Crippen LogP contribution in [0.1, 0.15) is 25.5 Å². The van der Waals surface area contributed by atoms with Crippen LogP contribution in [0.2, 0.25) is 0 Å². The van der Waals surface area contributed by atoms with Crippen LogP contribution < -0.4 is 15.2 Å². The summed E-state index contributed by atoms with van der Waals surface area (Å²) in [4.78, 5) is 25.8. The van der Waals surface area contributed by atoms with E-state index in [0.29, 0.717) is 17.1 Å². The van der Waals surface area contributed by atoms with Gasteiger partial charge in [-0.3, -0.25) is 9.59 Å². The normalized spacial score (nSPS) is 18.8. The van der Waals surface area contributed by atoms with Gasteiger partial charge in [-0.25, -0.2) is 0 Å². The van der Waals surface area contributed by atoms with Crippen molar-refractivity contribution in [1.82, 2.24) is 4.90 Å². The van der Waals surface area contributed by atoms with Crippen molar-refractivity contribution in [2.24, 2.45) is 5.73 Å². The van der Waals surface area contributed by atoms with Crippen molar-refractivity contribution in [3.05, 3.63) is 35.1 Å². The molecule has 0 saturated heterocycles. The van der Waals surface area contributed by atoms with Crippen LogP contribution in [0, 0.1) is 0 Å². The van der Waals surface area contributed by atoms with Gasteiger partial charge in [-0.2, -0.15) is 0 Å². The van der Waals surface area contributed by atoms with Crippen molar-refractivity contribution < 1.29 is 24.2 Å². The number of nitrogens with zero attached hydrogens (tertiary/aromatic N) is 1. The van der Waals surface area contributed by atoms with Gasteiger partial charge < -0.3 is 25.2 Å². The highest BCUT2D eigenvalue weighted by Gasteiger charge is 2.42. The molecule has 1 aliphatic rings. The molecule has 1 aromatic carbocycles. The van der Waals surface area contributed by atoms with Crippen LogP contribution in [0.5, 0.6) is 11.5 Å².